The first-order chi connectivity index (χ1) is 8.13. The third-order valence-corrected chi connectivity index (χ3v) is 1.91. The van der Waals surface area contributed by atoms with Crippen molar-refractivity contribution in [1.82, 2.24) is 10.3 Å². The molecule has 0 aliphatic heterocycles. The van der Waals surface area contributed by atoms with E-state index in [9.17, 15) is 9.18 Å². The van der Waals surface area contributed by atoms with Gasteiger partial charge in [0.25, 0.3) is 11.9 Å². The summed E-state index contributed by atoms with van der Waals surface area (Å²) in [6.07, 6.45) is 1.31. The lowest BCUT2D eigenvalue weighted by atomic mass is 10.3. The number of hydrogen-bond donors (Lipinski definition) is 1. The van der Waals surface area contributed by atoms with Gasteiger partial charge in [0.05, 0.1) is 6.61 Å². The van der Waals surface area contributed by atoms with Gasteiger partial charge >= 0.3 is 0 Å². The zero-order chi connectivity index (χ0) is 12.7. The van der Waals surface area contributed by atoms with Crippen LogP contribution in [0.4, 0.5) is 4.39 Å². The van der Waals surface area contributed by atoms with Gasteiger partial charge in [0.2, 0.25) is 0 Å². The van der Waals surface area contributed by atoms with Crippen molar-refractivity contribution in [2.45, 2.75) is 13.0 Å². The molecule has 1 heterocycles. The number of methoxy groups -OCH3 is 1. The van der Waals surface area contributed by atoms with E-state index in [0.29, 0.717) is 6.61 Å². The van der Waals surface area contributed by atoms with Crippen LogP contribution in [0.1, 0.15) is 6.92 Å². The fourth-order valence-corrected chi connectivity index (χ4v) is 1.23. The van der Waals surface area contributed by atoms with Crippen LogP contribution >= 0.6 is 0 Å². The van der Waals surface area contributed by atoms with Gasteiger partial charge in [-0.25, -0.2) is 4.98 Å². The van der Waals surface area contributed by atoms with Crippen molar-refractivity contribution >= 4 is 5.91 Å². The molecule has 1 aromatic rings. The Balaban J connectivity index is 2.36. The molecule has 0 aliphatic carbocycles. The number of pyridine rings is 1. The SMILES string of the molecule is COCC(C)NC(=O)COc1cccnc1F. The summed E-state index contributed by atoms with van der Waals surface area (Å²) >= 11 is 0. The first kappa shape index (κ1) is 13.4. The molecule has 0 radical (unpaired) electrons. The zero-order valence-electron chi connectivity index (χ0n) is 9.77. The normalized spacial score (nSPS) is 11.9. The molecule has 0 saturated heterocycles. The molecule has 0 saturated carbocycles. The van der Waals surface area contributed by atoms with E-state index >= 15 is 0 Å². The minimum absolute atomic E-state index is 0.0398. The Hall–Kier alpha value is -1.69. The van der Waals surface area contributed by atoms with E-state index in [4.69, 9.17) is 9.47 Å². The molecule has 0 aromatic carbocycles. The largest absolute Gasteiger partial charge is 0.479 e. The summed E-state index contributed by atoms with van der Waals surface area (Å²) in [5, 5.41) is 2.64. The first-order valence-electron chi connectivity index (χ1n) is 5.15. The van der Waals surface area contributed by atoms with Crippen LogP contribution in [-0.2, 0) is 9.53 Å². The van der Waals surface area contributed by atoms with Gasteiger partial charge < -0.3 is 14.8 Å². The highest BCUT2D eigenvalue weighted by Gasteiger charge is 2.09. The Bertz CT molecular complexity index is 373. The number of nitrogens with zero attached hydrogens (tertiary/aromatic N) is 1. The summed E-state index contributed by atoms with van der Waals surface area (Å²) in [5.74, 6) is -1.11. The van der Waals surface area contributed by atoms with Gasteiger partial charge in [-0.2, -0.15) is 4.39 Å². The van der Waals surface area contributed by atoms with E-state index in [1.807, 2.05) is 0 Å². The van der Waals surface area contributed by atoms with Crippen molar-refractivity contribution in [1.29, 1.82) is 0 Å². The Morgan fingerprint density at radius 2 is 2.41 bits per heavy atom. The molecular weight excluding hydrogens is 227 g/mol. The Morgan fingerprint density at radius 1 is 1.65 bits per heavy atom. The van der Waals surface area contributed by atoms with Crippen LogP contribution in [0.3, 0.4) is 0 Å². The summed E-state index contributed by atoms with van der Waals surface area (Å²) < 4.78 is 22.9. The highest BCUT2D eigenvalue weighted by molar-refractivity contribution is 5.77. The topological polar surface area (TPSA) is 60.5 Å². The molecule has 0 bridgehead atoms. The van der Waals surface area contributed by atoms with Crippen LogP contribution in [-0.4, -0.2) is 37.3 Å². The van der Waals surface area contributed by atoms with Crippen molar-refractivity contribution in [2.24, 2.45) is 0 Å². The number of aromatic nitrogens is 1. The first-order valence-corrected chi connectivity index (χ1v) is 5.15. The van der Waals surface area contributed by atoms with Crippen LogP contribution in [0.25, 0.3) is 0 Å². The molecule has 5 nitrogen and oxygen atoms in total. The molecule has 1 amide bonds. The molecule has 1 N–H and O–H groups in total. The van der Waals surface area contributed by atoms with Gasteiger partial charge in [0.1, 0.15) is 0 Å². The number of halogens is 1. The van der Waals surface area contributed by atoms with E-state index in [1.165, 1.54) is 18.3 Å². The Labute approximate surface area is 98.9 Å². The van der Waals surface area contributed by atoms with Gasteiger partial charge in [0, 0.05) is 19.3 Å². The van der Waals surface area contributed by atoms with Crippen LogP contribution in [0, 0.1) is 5.95 Å². The minimum Gasteiger partial charge on any atom is -0.479 e. The predicted molar refractivity (Wildman–Crippen MR) is 59.2 cm³/mol. The van der Waals surface area contributed by atoms with Gasteiger partial charge in [-0.3, -0.25) is 4.79 Å². The van der Waals surface area contributed by atoms with Gasteiger partial charge in [0.15, 0.2) is 12.4 Å². The van der Waals surface area contributed by atoms with E-state index in [0.717, 1.165) is 0 Å². The Morgan fingerprint density at radius 3 is 3.06 bits per heavy atom. The molecule has 0 spiro atoms. The third kappa shape index (κ3) is 4.78. The third-order valence-electron chi connectivity index (χ3n) is 1.91. The van der Waals surface area contributed by atoms with Crippen LogP contribution in [0.2, 0.25) is 0 Å². The Kier molecular flexibility index (Phi) is 5.35. The maximum atomic E-state index is 13.0. The van der Waals surface area contributed by atoms with E-state index in [2.05, 4.69) is 10.3 Å². The zero-order valence-corrected chi connectivity index (χ0v) is 9.77. The number of carbonyl (C=O) groups is 1. The van der Waals surface area contributed by atoms with Gasteiger partial charge in [-0.15, -0.1) is 0 Å². The molecule has 6 heteroatoms. The van der Waals surface area contributed by atoms with Crippen molar-refractivity contribution < 1.29 is 18.7 Å². The monoisotopic (exact) mass is 242 g/mol. The van der Waals surface area contributed by atoms with E-state index in [1.54, 1.807) is 14.0 Å². The summed E-state index contributed by atoms with van der Waals surface area (Å²) in [5.41, 5.74) is 0. The molecule has 94 valence electrons. The fraction of sp³-hybridized carbons (Fsp3) is 0.455. The molecule has 1 rings (SSSR count). The number of carbonyl (C=O) groups excluding carboxylic acids is 1. The molecule has 0 fully saturated rings. The molecule has 1 atom stereocenters. The smallest absolute Gasteiger partial charge is 0.258 e. The molecule has 1 aromatic heterocycles. The lowest BCUT2D eigenvalue weighted by Crippen LogP contribution is -2.38. The van der Waals surface area contributed by atoms with Crippen molar-refractivity contribution in [3.05, 3.63) is 24.3 Å². The fourth-order valence-electron chi connectivity index (χ4n) is 1.23. The maximum Gasteiger partial charge on any atom is 0.258 e. The number of ether oxygens (including phenoxy) is 2. The standard InChI is InChI=1S/C11H15FN2O3/c1-8(6-16-2)14-10(15)7-17-9-4-3-5-13-11(9)12/h3-5,8H,6-7H2,1-2H3,(H,14,15). The molecule has 17 heavy (non-hydrogen) atoms. The van der Waals surface area contributed by atoms with Gasteiger partial charge in [-0.1, -0.05) is 0 Å². The predicted octanol–water partition coefficient (Wildman–Crippen LogP) is 0.751. The van der Waals surface area contributed by atoms with Crippen molar-refractivity contribution in [3.63, 3.8) is 0 Å². The summed E-state index contributed by atoms with van der Waals surface area (Å²) in [6, 6.07) is 2.83. The second-order valence-electron chi connectivity index (χ2n) is 3.50. The summed E-state index contributed by atoms with van der Waals surface area (Å²) in [6.45, 7) is 1.95. The summed E-state index contributed by atoms with van der Waals surface area (Å²) in [7, 11) is 1.55. The molecule has 1 unspecified atom stereocenters. The highest BCUT2D eigenvalue weighted by atomic mass is 19.1. The van der Waals surface area contributed by atoms with E-state index < -0.39 is 5.95 Å². The van der Waals surface area contributed by atoms with Crippen molar-refractivity contribution in [2.75, 3.05) is 20.3 Å². The number of amides is 1. The lowest BCUT2D eigenvalue weighted by Gasteiger charge is -2.13. The average Bonchev–Trinajstić information content (AvgIpc) is 2.28. The quantitative estimate of drug-likeness (QED) is 0.748. The number of nitrogens with one attached hydrogen (secondary N) is 1. The number of rotatable bonds is 6. The second-order valence-corrected chi connectivity index (χ2v) is 3.50. The van der Waals surface area contributed by atoms with Crippen LogP contribution < -0.4 is 10.1 Å². The van der Waals surface area contributed by atoms with Crippen molar-refractivity contribution in [3.8, 4) is 5.75 Å². The maximum absolute atomic E-state index is 13.0. The van der Waals surface area contributed by atoms with Crippen LogP contribution in [0.15, 0.2) is 18.3 Å². The highest BCUT2D eigenvalue weighted by Crippen LogP contribution is 2.12. The minimum atomic E-state index is -0.731. The van der Waals surface area contributed by atoms with E-state index in [-0.39, 0.29) is 24.3 Å². The lowest BCUT2D eigenvalue weighted by molar-refractivity contribution is -0.124. The number of hydrogen-bond acceptors (Lipinski definition) is 4. The average molecular weight is 242 g/mol. The summed E-state index contributed by atoms with van der Waals surface area (Å²) in [4.78, 5) is 14.8. The second kappa shape index (κ2) is 6.80. The molecular formula is C11H15FN2O3. The van der Waals surface area contributed by atoms with Crippen LogP contribution in [0.5, 0.6) is 5.75 Å². The molecule has 0 aliphatic rings. The van der Waals surface area contributed by atoms with Gasteiger partial charge in [-0.05, 0) is 19.1 Å².